The maximum atomic E-state index is 11.9. The van der Waals surface area contributed by atoms with Gasteiger partial charge in [0.1, 0.15) is 0 Å². The van der Waals surface area contributed by atoms with Gasteiger partial charge in [-0.15, -0.1) is 0 Å². The first kappa shape index (κ1) is 15.7. The lowest BCUT2D eigenvalue weighted by Crippen LogP contribution is -2.32. The molecule has 4 heteroatoms. The van der Waals surface area contributed by atoms with Crippen LogP contribution in [0.15, 0.2) is 24.3 Å². The smallest absolute Gasteiger partial charge is 0.251 e. The van der Waals surface area contributed by atoms with Gasteiger partial charge in [0.2, 0.25) is 0 Å². The van der Waals surface area contributed by atoms with Gasteiger partial charge in [0.15, 0.2) is 0 Å². The van der Waals surface area contributed by atoms with Crippen molar-refractivity contribution in [2.24, 2.45) is 11.7 Å². The molecule has 106 valence electrons. The summed E-state index contributed by atoms with van der Waals surface area (Å²) < 4.78 is 0. The van der Waals surface area contributed by atoms with Crippen molar-refractivity contribution >= 4 is 5.91 Å². The molecule has 4 nitrogen and oxygen atoms in total. The minimum absolute atomic E-state index is 0.151. The third-order valence-corrected chi connectivity index (χ3v) is 2.89. The number of hydrogen-bond donors (Lipinski definition) is 3. The molecule has 0 saturated heterocycles. The SMILES string of the molecule is CC(C)CC(O)CNC(=O)c1ccc(CCN)cc1. The standard InChI is InChI=1S/C15H24N2O2/c1-11(2)9-14(18)10-17-15(19)13-5-3-12(4-6-13)7-8-16/h3-6,11,14,18H,7-10,16H2,1-2H3,(H,17,19). The minimum Gasteiger partial charge on any atom is -0.391 e. The molecule has 0 radical (unpaired) electrons. The van der Waals surface area contributed by atoms with Crippen molar-refractivity contribution in [2.45, 2.75) is 32.8 Å². The van der Waals surface area contributed by atoms with E-state index in [2.05, 4.69) is 5.32 Å². The molecular formula is C15H24N2O2. The van der Waals surface area contributed by atoms with Gasteiger partial charge < -0.3 is 16.2 Å². The summed E-state index contributed by atoms with van der Waals surface area (Å²) in [5.41, 5.74) is 7.20. The van der Waals surface area contributed by atoms with Crippen molar-refractivity contribution in [3.63, 3.8) is 0 Å². The first-order valence-corrected chi connectivity index (χ1v) is 6.78. The number of carbonyl (C=O) groups is 1. The first-order chi connectivity index (χ1) is 9.02. The van der Waals surface area contributed by atoms with E-state index in [1.54, 1.807) is 12.1 Å². The summed E-state index contributed by atoms with van der Waals surface area (Å²) >= 11 is 0. The fraction of sp³-hybridized carbons (Fsp3) is 0.533. The van der Waals surface area contributed by atoms with Crippen molar-refractivity contribution in [1.29, 1.82) is 0 Å². The predicted molar refractivity (Wildman–Crippen MR) is 77.0 cm³/mol. The van der Waals surface area contributed by atoms with Crippen LogP contribution in [0.25, 0.3) is 0 Å². The average Bonchev–Trinajstić information content (AvgIpc) is 2.36. The lowest BCUT2D eigenvalue weighted by Gasteiger charge is -2.14. The molecule has 0 bridgehead atoms. The van der Waals surface area contributed by atoms with Gasteiger partial charge in [0.05, 0.1) is 6.10 Å². The summed E-state index contributed by atoms with van der Waals surface area (Å²) in [6, 6.07) is 7.39. The Labute approximate surface area is 115 Å². The van der Waals surface area contributed by atoms with Crippen LogP contribution < -0.4 is 11.1 Å². The number of nitrogens with one attached hydrogen (secondary N) is 1. The fourth-order valence-corrected chi connectivity index (χ4v) is 1.93. The number of hydrogen-bond acceptors (Lipinski definition) is 3. The average molecular weight is 264 g/mol. The van der Waals surface area contributed by atoms with E-state index >= 15 is 0 Å². The second-order valence-electron chi connectivity index (χ2n) is 5.23. The summed E-state index contributed by atoms with van der Waals surface area (Å²) in [5, 5.41) is 12.4. The summed E-state index contributed by atoms with van der Waals surface area (Å²) in [6.45, 7) is 4.98. The zero-order valence-corrected chi connectivity index (χ0v) is 11.7. The van der Waals surface area contributed by atoms with Gasteiger partial charge in [0.25, 0.3) is 5.91 Å². The Kier molecular flexibility index (Phi) is 6.53. The van der Waals surface area contributed by atoms with Crippen LogP contribution in [0.5, 0.6) is 0 Å². The van der Waals surface area contributed by atoms with Crippen molar-refractivity contribution < 1.29 is 9.90 Å². The van der Waals surface area contributed by atoms with E-state index in [0.717, 1.165) is 12.0 Å². The lowest BCUT2D eigenvalue weighted by atomic mass is 10.1. The van der Waals surface area contributed by atoms with E-state index in [9.17, 15) is 9.90 Å². The zero-order valence-electron chi connectivity index (χ0n) is 11.7. The van der Waals surface area contributed by atoms with E-state index in [0.29, 0.717) is 31.0 Å². The Hall–Kier alpha value is -1.39. The Morgan fingerprint density at radius 2 is 1.95 bits per heavy atom. The second-order valence-corrected chi connectivity index (χ2v) is 5.23. The molecule has 1 atom stereocenters. The highest BCUT2D eigenvalue weighted by atomic mass is 16.3. The Morgan fingerprint density at radius 3 is 2.47 bits per heavy atom. The summed E-state index contributed by atoms with van der Waals surface area (Å²) in [4.78, 5) is 11.9. The molecule has 1 unspecified atom stereocenters. The molecule has 1 amide bonds. The Balaban J connectivity index is 2.44. The van der Waals surface area contributed by atoms with Crippen molar-refractivity contribution in [2.75, 3.05) is 13.1 Å². The van der Waals surface area contributed by atoms with E-state index in [1.165, 1.54) is 0 Å². The summed E-state index contributed by atoms with van der Waals surface area (Å²) in [7, 11) is 0. The third-order valence-electron chi connectivity index (χ3n) is 2.89. The van der Waals surface area contributed by atoms with Crippen LogP contribution in [0.3, 0.4) is 0 Å². The van der Waals surface area contributed by atoms with Crippen LogP contribution in [0.1, 0.15) is 36.2 Å². The normalized spacial score (nSPS) is 12.5. The quantitative estimate of drug-likeness (QED) is 0.695. The number of benzene rings is 1. The highest BCUT2D eigenvalue weighted by Gasteiger charge is 2.10. The highest BCUT2D eigenvalue weighted by Crippen LogP contribution is 2.06. The number of nitrogens with two attached hydrogens (primary N) is 1. The van der Waals surface area contributed by atoms with Gasteiger partial charge in [-0.2, -0.15) is 0 Å². The topological polar surface area (TPSA) is 75.3 Å². The van der Waals surface area contributed by atoms with E-state index in [1.807, 2.05) is 26.0 Å². The fourth-order valence-electron chi connectivity index (χ4n) is 1.93. The molecule has 4 N–H and O–H groups in total. The molecule has 0 aliphatic heterocycles. The van der Waals surface area contributed by atoms with Crippen LogP contribution in [0.4, 0.5) is 0 Å². The molecule has 0 aliphatic rings. The van der Waals surface area contributed by atoms with Gasteiger partial charge in [-0.1, -0.05) is 26.0 Å². The Morgan fingerprint density at radius 1 is 1.32 bits per heavy atom. The van der Waals surface area contributed by atoms with E-state index < -0.39 is 6.10 Å². The molecule has 0 fully saturated rings. The summed E-state index contributed by atoms with van der Waals surface area (Å²) in [5.74, 6) is 0.268. The van der Waals surface area contributed by atoms with Gasteiger partial charge in [-0.05, 0) is 43.0 Å². The van der Waals surface area contributed by atoms with E-state index in [4.69, 9.17) is 5.73 Å². The molecule has 0 saturated carbocycles. The maximum absolute atomic E-state index is 11.9. The maximum Gasteiger partial charge on any atom is 0.251 e. The van der Waals surface area contributed by atoms with Crippen LogP contribution >= 0.6 is 0 Å². The van der Waals surface area contributed by atoms with E-state index in [-0.39, 0.29) is 5.91 Å². The first-order valence-electron chi connectivity index (χ1n) is 6.78. The number of amides is 1. The molecule has 0 aliphatic carbocycles. The Bertz CT molecular complexity index is 388. The lowest BCUT2D eigenvalue weighted by molar-refractivity contribution is 0.0900. The molecular weight excluding hydrogens is 240 g/mol. The van der Waals surface area contributed by atoms with Crippen LogP contribution in [0, 0.1) is 5.92 Å². The van der Waals surface area contributed by atoms with Crippen LogP contribution in [-0.4, -0.2) is 30.2 Å². The van der Waals surface area contributed by atoms with Gasteiger partial charge >= 0.3 is 0 Å². The molecule has 0 heterocycles. The summed E-state index contributed by atoms with van der Waals surface area (Å²) in [6.07, 6.45) is 1.02. The number of rotatable bonds is 7. The molecule has 19 heavy (non-hydrogen) atoms. The minimum atomic E-state index is -0.486. The largest absolute Gasteiger partial charge is 0.391 e. The van der Waals surface area contributed by atoms with Gasteiger partial charge in [-0.25, -0.2) is 0 Å². The molecule has 1 aromatic carbocycles. The van der Waals surface area contributed by atoms with Gasteiger partial charge in [-0.3, -0.25) is 4.79 Å². The molecule has 1 rings (SSSR count). The molecule has 0 aromatic heterocycles. The predicted octanol–water partition coefficient (Wildman–Crippen LogP) is 1.32. The monoisotopic (exact) mass is 264 g/mol. The van der Waals surface area contributed by atoms with Gasteiger partial charge in [0, 0.05) is 12.1 Å². The number of aliphatic hydroxyl groups is 1. The third kappa shape index (κ3) is 5.85. The number of carbonyl (C=O) groups excluding carboxylic acids is 1. The van der Waals surface area contributed by atoms with Crippen molar-refractivity contribution in [3.8, 4) is 0 Å². The van der Waals surface area contributed by atoms with Crippen LogP contribution in [-0.2, 0) is 6.42 Å². The molecule has 0 spiro atoms. The zero-order chi connectivity index (χ0) is 14.3. The molecule has 1 aromatic rings. The number of aliphatic hydroxyl groups excluding tert-OH is 1. The highest BCUT2D eigenvalue weighted by molar-refractivity contribution is 5.94. The van der Waals surface area contributed by atoms with Crippen molar-refractivity contribution in [3.05, 3.63) is 35.4 Å². The van der Waals surface area contributed by atoms with Crippen molar-refractivity contribution in [1.82, 2.24) is 5.32 Å². The second kappa shape index (κ2) is 7.92. The van der Waals surface area contributed by atoms with Crippen LogP contribution in [0.2, 0.25) is 0 Å².